The average molecular weight is 183 g/mol. The summed E-state index contributed by atoms with van der Waals surface area (Å²) in [5, 5.41) is 13.7. The number of rotatable bonds is 4. The van der Waals surface area contributed by atoms with Gasteiger partial charge in [0, 0.05) is 0 Å². The van der Waals surface area contributed by atoms with Gasteiger partial charge in [-0.05, 0) is 6.92 Å². The minimum Gasteiger partial charge on any atom is -0.398 e. The van der Waals surface area contributed by atoms with Crippen LogP contribution < -0.4 is 5.32 Å². The lowest BCUT2D eigenvalue weighted by Gasteiger charge is -1.98. The van der Waals surface area contributed by atoms with Crippen LogP contribution in [0.1, 0.15) is 6.92 Å². The molecule has 0 aliphatic rings. The van der Waals surface area contributed by atoms with Crippen molar-refractivity contribution in [3.8, 4) is 6.07 Å². The van der Waals surface area contributed by atoms with E-state index in [0.717, 1.165) is 0 Å². The Morgan fingerprint density at radius 2 is 2.23 bits per heavy atom. The Labute approximate surface area is 75.2 Å². The van der Waals surface area contributed by atoms with Gasteiger partial charge in [0.2, 0.25) is 5.71 Å². The van der Waals surface area contributed by atoms with Gasteiger partial charge < -0.3 is 10.2 Å². The molecule has 70 valence electrons. The summed E-state index contributed by atoms with van der Waals surface area (Å²) in [6.45, 7) is 1.20. The number of carbonyl (C=O) groups excluding carboxylic acids is 2. The number of Topliss-reactive ketones (excluding diaryl/α,β-unsaturated/α-hetero) is 1. The Hall–Kier alpha value is -1.90. The van der Waals surface area contributed by atoms with Gasteiger partial charge in [0.1, 0.15) is 19.0 Å². The SMILES string of the molecule is CON=C(C#N)C(=O)NCC(C)=O. The molecule has 0 aliphatic heterocycles. The van der Waals surface area contributed by atoms with Crippen molar-refractivity contribution in [1.29, 1.82) is 5.26 Å². The van der Waals surface area contributed by atoms with E-state index in [1.165, 1.54) is 20.1 Å². The van der Waals surface area contributed by atoms with E-state index in [0.29, 0.717) is 0 Å². The Morgan fingerprint density at radius 3 is 2.62 bits per heavy atom. The van der Waals surface area contributed by atoms with Gasteiger partial charge >= 0.3 is 0 Å². The van der Waals surface area contributed by atoms with Crippen LogP contribution in [0.2, 0.25) is 0 Å². The van der Waals surface area contributed by atoms with Crippen LogP contribution >= 0.6 is 0 Å². The van der Waals surface area contributed by atoms with Crippen molar-refractivity contribution >= 4 is 17.4 Å². The van der Waals surface area contributed by atoms with Crippen LogP contribution in [0.25, 0.3) is 0 Å². The molecule has 0 spiro atoms. The molecule has 0 saturated carbocycles. The van der Waals surface area contributed by atoms with Gasteiger partial charge in [-0.15, -0.1) is 0 Å². The molecule has 0 saturated heterocycles. The number of nitriles is 1. The van der Waals surface area contributed by atoms with Crippen molar-refractivity contribution in [1.82, 2.24) is 5.32 Å². The first kappa shape index (κ1) is 11.1. The second-order valence-corrected chi connectivity index (χ2v) is 2.12. The summed E-state index contributed by atoms with van der Waals surface area (Å²) >= 11 is 0. The van der Waals surface area contributed by atoms with Crippen LogP contribution in [0.5, 0.6) is 0 Å². The summed E-state index contributed by atoms with van der Waals surface area (Å²) in [5.41, 5.74) is -0.413. The van der Waals surface area contributed by atoms with Gasteiger partial charge in [-0.25, -0.2) is 0 Å². The van der Waals surface area contributed by atoms with E-state index in [-0.39, 0.29) is 12.3 Å². The van der Waals surface area contributed by atoms with Crippen LogP contribution in [-0.4, -0.2) is 31.1 Å². The maximum atomic E-state index is 11.0. The largest absolute Gasteiger partial charge is 0.398 e. The highest BCUT2D eigenvalue weighted by molar-refractivity contribution is 6.45. The summed E-state index contributed by atoms with van der Waals surface area (Å²) < 4.78 is 0. The summed E-state index contributed by atoms with van der Waals surface area (Å²) in [4.78, 5) is 25.7. The van der Waals surface area contributed by atoms with Crippen LogP contribution in [0.4, 0.5) is 0 Å². The summed E-state index contributed by atoms with van der Waals surface area (Å²) in [6, 6.07) is 1.53. The van der Waals surface area contributed by atoms with E-state index in [1.54, 1.807) is 0 Å². The number of ketones is 1. The summed E-state index contributed by atoms with van der Waals surface area (Å²) in [5.74, 6) is -0.928. The second-order valence-electron chi connectivity index (χ2n) is 2.12. The normalized spacial score (nSPS) is 10.1. The molecule has 0 heterocycles. The maximum Gasteiger partial charge on any atom is 0.284 e. The topological polar surface area (TPSA) is 91.5 Å². The quantitative estimate of drug-likeness (QED) is 0.457. The van der Waals surface area contributed by atoms with Gasteiger partial charge in [0.25, 0.3) is 5.91 Å². The Morgan fingerprint density at radius 1 is 1.62 bits per heavy atom. The monoisotopic (exact) mass is 183 g/mol. The van der Waals surface area contributed by atoms with Gasteiger partial charge in [0.15, 0.2) is 0 Å². The van der Waals surface area contributed by atoms with Crippen molar-refractivity contribution in [3.63, 3.8) is 0 Å². The molecule has 1 amide bonds. The van der Waals surface area contributed by atoms with Gasteiger partial charge in [-0.2, -0.15) is 5.26 Å². The van der Waals surface area contributed by atoms with Crippen molar-refractivity contribution in [2.45, 2.75) is 6.92 Å². The maximum absolute atomic E-state index is 11.0. The molecule has 0 unspecified atom stereocenters. The molecule has 0 radical (unpaired) electrons. The van der Waals surface area contributed by atoms with Crippen molar-refractivity contribution in [3.05, 3.63) is 0 Å². The van der Waals surface area contributed by atoms with E-state index in [4.69, 9.17) is 5.26 Å². The fourth-order valence-electron chi connectivity index (χ4n) is 0.492. The number of hydrogen-bond donors (Lipinski definition) is 1. The molecule has 0 rings (SSSR count). The Bertz CT molecular complexity index is 277. The zero-order chi connectivity index (χ0) is 10.3. The predicted molar refractivity (Wildman–Crippen MR) is 43.7 cm³/mol. The van der Waals surface area contributed by atoms with Crippen molar-refractivity contribution < 1.29 is 14.4 Å². The first-order chi connectivity index (χ1) is 6.11. The number of nitrogens with zero attached hydrogens (tertiary/aromatic N) is 2. The first-order valence-corrected chi connectivity index (χ1v) is 3.40. The van der Waals surface area contributed by atoms with Crippen molar-refractivity contribution in [2.24, 2.45) is 5.16 Å². The van der Waals surface area contributed by atoms with E-state index in [2.05, 4.69) is 15.3 Å². The highest BCUT2D eigenvalue weighted by atomic mass is 16.6. The number of carbonyl (C=O) groups is 2. The van der Waals surface area contributed by atoms with Crippen molar-refractivity contribution in [2.75, 3.05) is 13.7 Å². The smallest absolute Gasteiger partial charge is 0.284 e. The summed E-state index contributed by atoms with van der Waals surface area (Å²) in [6.07, 6.45) is 0. The molecule has 0 aromatic heterocycles. The molecule has 0 bridgehead atoms. The second kappa shape index (κ2) is 5.71. The van der Waals surface area contributed by atoms with E-state index in [1.807, 2.05) is 0 Å². The molecule has 6 heteroatoms. The molecule has 0 aliphatic carbocycles. The fraction of sp³-hybridized carbons (Fsp3) is 0.429. The molecule has 0 aromatic carbocycles. The van der Waals surface area contributed by atoms with Gasteiger partial charge in [-0.3, -0.25) is 9.59 Å². The van der Waals surface area contributed by atoms with E-state index < -0.39 is 11.6 Å². The van der Waals surface area contributed by atoms with Crippen LogP contribution in [0.3, 0.4) is 0 Å². The Balaban J connectivity index is 4.18. The van der Waals surface area contributed by atoms with Gasteiger partial charge in [0.05, 0.1) is 6.54 Å². The van der Waals surface area contributed by atoms with Crippen LogP contribution in [0, 0.1) is 11.3 Å². The lowest BCUT2D eigenvalue weighted by molar-refractivity contribution is -0.120. The molecule has 6 nitrogen and oxygen atoms in total. The number of nitrogens with one attached hydrogen (secondary N) is 1. The average Bonchev–Trinajstić information content (AvgIpc) is 2.10. The van der Waals surface area contributed by atoms with E-state index >= 15 is 0 Å². The highest BCUT2D eigenvalue weighted by Gasteiger charge is 2.11. The third kappa shape index (κ3) is 4.53. The zero-order valence-electron chi connectivity index (χ0n) is 7.33. The minimum atomic E-state index is -0.723. The molecular weight excluding hydrogens is 174 g/mol. The van der Waals surface area contributed by atoms with Crippen LogP contribution in [0.15, 0.2) is 5.16 Å². The fourth-order valence-corrected chi connectivity index (χ4v) is 0.492. The Kier molecular flexibility index (Phi) is 4.88. The lowest BCUT2D eigenvalue weighted by Crippen LogP contribution is -2.33. The third-order valence-corrected chi connectivity index (χ3v) is 1.00. The molecule has 0 aromatic rings. The predicted octanol–water partition coefficient (Wildman–Crippen LogP) is -0.782. The molecule has 13 heavy (non-hydrogen) atoms. The summed E-state index contributed by atoms with van der Waals surface area (Å²) in [7, 11) is 1.22. The molecular formula is C7H9N3O3. The van der Waals surface area contributed by atoms with Crippen LogP contribution in [-0.2, 0) is 14.4 Å². The lowest BCUT2D eigenvalue weighted by atomic mass is 10.3. The molecule has 0 atom stereocenters. The zero-order valence-corrected chi connectivity index (χ0v) is 7.33. The molecule has 1 N–H and O–H groups in total. The number of amides is 1. The minimum absolute atomic E-state index is 0.122. The number of oxime groups is 1. The highest BCUT2D eigenvalue weighted by Crippen LogP contribution is 1.79. The standard InChI is InChI=1S/C7H9N3O3/c1-5(11)4-9-7(12)6(3-8)10-13-2/h4H2,1-2H3,(H,9,12). The van der Waals surface area contributed by atoms with E-state index in [9.17, 15) is 9.59 Å². The number of hydrogen-bond acceptors (Lipinski definition) is 5. The third-order valence-electron chi connectivity index (χ3n) is 1.00. The molecule has 0 fully saturated rings. The first-order valence-electron chi connectivity index (χ1n) is 3.40. The van der Waals surface area contributed by atoms with Gasteiger partial charge in [-0.1, -0.05) is 5.16 Å².